The zero-order valence-corrected chi connectivity index (χ0v) is 11.9. The highest BCUT2D eigenvalue weighted by Gasteiger charge is 2.22. The molecule has 4 heteroatoms. The van der Waals surface area contributed by atoms with E-state index in [2.05, 4.69) is 21.2 Å². The normalized spacial score (nSPS) is 24.2. The van der Waals surface area contributed by atoms with Crippen molar-refractivity contribution in [3.63, 3.8) is 0 Å². The molecular weight excluding hydrogens is 297 g/mol. The molecule has 1 saturated carbocycles. The smallest absolute Gasteiger partial charge is 0.137 e. The van der Waals surface area contributed by atoms with Crippen molar-refractivity contribution in [3.8, 4) is 0 Å². The molecule has 2 unspecified atom stereocenters. The first-order valence-corrected chi connectivity index (χ1v) is 7.29. The second kappa shape index (κ2) is 6.64. The third-order valence-electron chi connectivity index (χ3n) is 3.59. The van der Waals surface area contributed by atoms with Gasteiger partial charge in [-0.25, -0.2) is 4.39 Å². The Morgan fingerprint density at radius 1 is 1.33 bits per heavy atom. The van der Waals surface area contributed by atoms with Gasteiger partial charge in [-0.05, 0) is 52.4 Å². The zero-order chi connectivity index (χ0) is 13.0. The van der Waals surface area contributed by atoms with Crippen molar-refractivity contribution in [3.05, 3.63) is 34.1 Å². The van der Waals surface area contributed by atoms with Crippen molar-refractivity contribution in [2.45, 2.75) is 38.3 Å². The van der Waals surface area contributed by atoms with Gasteiger partial charge in [-0.3, -0.25) is 0 Å². The molecular formula is C14H19BrFNO. The monoisotopic (exact) mass is 315 g/mol. The quantitative estimate of drug-likeness (QED) is 0.894. The van der Waals surface area contributed by atoms with E-state index in [4.69, 9.17) is 0 Å². The molecule has 0 spiro atoms. The van der Waals surface area contributed by atoms with Crippen molar-refractivity contribution < 1.29 is 9.50 Å². The van der Waals surface area contributed by atoms with Crippen molar-refractivity contribution >= 4 is 15.9 Å². The second-order valence-corrected chi connectivity index (χ2v) is 5.85. The van der Waals surface area contributed by atoms with Crippen LogP contribution < -0.4 is 5.32 Å². The Kier molecular flexibility index (Phi) is 5.15. The summed E-state index contributed by atoms with van der Waals surface area (Å²) in [6.45, 7) is 1.54. The fraction of sp³-hybridized carbons (Fsp3) is 0.571. The number of aliphatic hydroxyl groups excluding tert-OH is 1. The van der Waals surface area contributed by atoms with E-state index >= 15 is 0 Å². The van der Waals surface area contributed by atoms with Crippen LogP contribution in [-0.2, 0) is 6.54 Å². The largest absolute Gasteiger partial charge is 0.393 e. The Labute approximate surface area is 116 Å². The van der Waals surface area contributed by atoms with Gasteiger partial charge in [-0.1, -0.05) is 18.9 Å². The Morgan fingerprint density at radius 3 is 2.83 bits per heavy atom. The van der Waals surface area contributed by atoms with Gasteiger partial charge in [0, 0.05) is 13.1 Å². The predicted molar refractivity (Wildman–Crippen MR) is 73.8 cm³/mol. The first kappa shape index (κ1) is 14.0. The van der Waals surface area contributed by atoms with Crippen LogP contribution in [-0.4, -0.2) is 17.8 Å². The predicted octanol–water partition coefficient (Wildman–Crippen LogP) is 3.23. The lowest BCUT2D eigenvalue weighted by Gasteiger charge is -2.27. The molecule has 18 heavy (non-hydrogen) atoms. The maximum atomic E-state index is 13.1. The second-order valence-electron chi connectivity index (χ2n) is 4.99. The highest BCUT2D eigenvalue weighted by molar-refractivity contribution is 9.10. The van der Waals surface area contributed by atoms with Gasteiger partial charge >= 0.3 is 0 Å². The molecule has 2 N–H and O–H groups in total. The van der Waals surface area contributed by atoms with E-state index in [9.17, 15) is 9.50 Å². The Bertz CT molecular complexity index is 399. The van der Waals surface area contributed by atoms with E-state index in [0.717, 1.165) is 31.4 Å². The molecule has 2 nitrogen and oxygen atoms in total. The number of benzene rings is 1. The van der Waals surface area contributed by atoms with Gasteiger partial charge < -0.3 is 10.4 Å². The fourth-order valence-electron chi connectivity index (χ4n) is 2.48. The van der Waals surface area contributed by atoms with E-state index in [1.54, 1.807) is 12.1 Å². The van der Waals surface area contributed by atoms with E-state index in [1.165, 1.54) is 12.5 Å². The summed E-state index contributed by atoms with van der Waals surface area (Å²) in [4.78, 5) is 0. The van der Waals surface area contributed by atoms with E-state index < -0.39 is 0 Å². The number of aliphatic hydroxyl groups is 1. The lowest BCUT2D eigenvalue weighted by Crippen LogP contribution is -2.33. The van der Waals surface area contributed by atoms with Gasteiger partial charge in [0.2, 0.25) is 0 Å². The van der Waals surface area contributed by atoms with E-state index in [-0.39, 0.29) is 11.9 Å². The SMILES string of the molecule is OC1CCCCC1CNCc1ccc(F)c(Br)c1. The molecule has 0 amide bonds. The number of hydrogen-bond acceptors (Lipinski definition) is 2. The van der Waals surface area contributed by atoms with Crippen LogP contribution in [0.4, 0.5) is 4.39 Å². The van der Waals surface area contributed by atoms with Gasteiger partial charge in [0.05, 0.1) is 10.6 Å². The molecule has 1 aromatic carbocycles. The standard InChI is InChI=1S/C14H19BrFNO/c15-12-7-10(5-6-13(12)16)8-17-9-11-3-1-2-4-14(11)18/h5-7,11,14,17-18H,1-4,8-9H2. The summed E-state index contributed by atoms with van der Waals surface area (Å²) in [5.41, 5.74) is 1.05. The minimum Gasteiger partial charge on any atom is -0.393 e. The van der Waals surface area contributed by atoms with Crippen LogP contribution in [0, 0.1) is 11.7 Å². The molecule has 0 aliphatic heterocycles. The van der Waals surface area contributed by atoms with Crippen LogP contribution in [0.15, 0.2) is 22.7 Å². The summed E-state index contributed by atoms with van der Waals surface area (Å²) in [7, 11) is 0. The van der Waals surface area contributed by atoms with Crippen LogP contribution in [0.2, 0.25) is 0 Å². The van der Waals surface area contributed by atoms with Crippen LogP contribution in [0.1, 0.15) is 31.2 Å². The minimum absolute atomic E-state index is 0.161. The van der Waals surface area contributed by atoms with Gasteiger partial charge in [0.1, 0.15) is 5.82 Å². The number of halogens is 2. The van der Waals surface area contributed by atoms with Crippen molar-refractivity contribution in [2.24, 2.45) is 5.92 Å². The maximum absolute atomic E-state index is 13.1. The molecule has 1 fully saturated rings. The summed E-state index contributed by atoms with van der Waals surface area (Å²) in [6, 6.07) is 5.04. The number of hydrogen-bond donors (Lipinski definition) is 2. The molecule has 1 aliphatic carbocycles. The Balaban J connectivity index is 1.79. The first-order chi connectivity index (χ1) is 8.66. The van der Waals surface area contributed by atoms with E-state index in [0.29, 0.717) is 16.9 Å². The Morgan fingerprint density at radius 2 is 2.11 bits per heavy atom. The highest BCUT2D eigenvalue weighted by atomic mass is 79.9. The molecule has 0 heterocycles. The fourth-order valence-corrected chi connectivity index (χ4v) is 2.90. The number of nitrogens with one attached hydrogen (secondary N) is 1. The first-order valence-electron chi connectivity index (χ1n) is 6.49. The molecule has 1 aliphatic rings. The maximum Gasteiger partial charge on any atom is 0.137 e. The van der Waals surface area contributed by atoms with Crippen LogP contribution in [0.25, 0.3) is 0 Å². The summed E-state index contributed by atoms with van der Waals surface area (Å²) in [5, 5.41) is 13.2. The van der Waals surface area contributed by atoms with Crippen LogP contribution in [0.3, 0.4) is 0 Å². The molecule has 0 radical (unpaired) electrons. The van der Waals surface area contributed by atoms with E-state index in [1.807, 2.05) is 0 Å². The molecule has 0 aromatic heterocycles. The summed E-state index contributed by atoms with van der Waals surface area (Å²) < 4.78 is 13.6. The zero-order valence-electron chi connectivity index (χ0n) is 10.3. The van der Waals surface area contributed by atoms with Crippen LogP contribution in [0.5, 0.6) is 0 Å². The lowest BCUT2D eigenvalue weighted by atomic mass is 9.86. The summed E-state index contributed by atoms with van der Waals surface area (Å²) in [6.07, 6.45) is 4.22. The van der Waals surface area contributed by atoms with Gasteiger partial charge in [-0.2, -0.15) is 0 Å². The van der Waals surface area contributed by atoms with Gasteiger partial charge in [0.25, 0.3) is 0 Å². The minimum atomic E-state index is -0.235. The van der Waals surface area contributed by atoms with Crippen molar-refractivity contribution in [1.29, 1.82) is 0 Å². The molecule has 1 aromatic rings. The Hall–Kier alpha value is -0.450. The van der Waals surface area contributed by atoms with Crippen molar-refractivity contribution in [2.75, 3.05) is 6.54 Å². The molecule has 100 valence electrons. The third-order valence-corrected chi connectivity index (χ3v) is 4.20. The average molecular weight is 316 g/mol. The third kappa shape index (κ3) is 3.77. The highest BCUT2D eigenvalue weighted by Crippen LogP contribution is 2.23. The molecule has 0 bridgehead atoms. The summed E-state index contributed by atoms with van der Waals surface area (Å²) >= 11 is 3.18. The van der Waals surface area contributed by atoms with Crippen molar-refractivity contribution in [1.82, 2.24) is 5.32 Å². The molecule has 0 saturated heterocycles. The summed E-state index contributed by atoms with van der Waals surface area (Å²) in [5.74, 6) is 0.129. The van der Waals surface area contributed by atoms with Crippen LogP contribution >= 0.6 is 15.9 Å². The van der Waals surface area contributed by atoms with Gasteiger partial charge in [-0.15, -0.1) is 0 Å². The number of rotatable bonds is 4. The lowest BCUT2D eigenvalue weighted by molar-refractivity contribution is 0.0695. The topological polar surface area (TPSA) is 32.3 Å². The average Bonchev–Trinajstić information content (AvgIpc) is 2.36. The van der Waals surface area contributed by atoms with Gasteiger partial charge in [0.15, 0.2) is 0 Å². The molecule has 2 rings (SSSR count). The molecule has 2 atom stereocenters.